The fourth-order valence-corrected chi connectivity index (χ4v) is 2.51. The van der Waals surface area contributed by atoms with Gasteiger partial charge >= 0.3 is 6.09 Å². The molecule has 3 N–H and O–H groups in total. The molecule has 0 saturated heterocycles. The zero-order chi connectivity index (χ0) is 14.4. The number of alkyl carbamates (subject to hydrolysis) is 1. The summed E-state index contributed by atoms with van der Waals surface area (Å²) in [5.41, 5.74) is 6.26. The Bertz CT molecular complexity index is 461. The molecule has 0 aliphatic heterocycles. The van der Waals surface area contributed by atoms with E-state index in [1.54, 1.807) is 0 Å². The van der Waals surface area contributed by atoms with Gasteiger partial charge in [0.2, 0.25) is 5.91 Å². The third-order valence-corrected chi connectivity index (χ3v) is 3.61. The summed E-state index contributed by atoms with van der Waals surface area (Å²) in [6.45, 7) is 0.249. The van der Waals surface area contributed by atoms with Crippen LogP contribution in [0.4, 0.5) is 4.79 Å². The lowest BCUT2D eigenvalue weighted by molar-refractivity contribution is -0.122. The van der Waals surface area contributed by atoms with E-state index in [1.165, 1.54) is 0 Å². The monoisotopic (exact) mass is 276 g/mol. The number of hydrogen-bond acceptors (Lipinski definition) is 3. The largest absolute Gasteiger partial charge is 0.445 e. The SMILES string of the molecule is NC(=O)[C@@H]1CCC[C@@H](NC(=O)OCc2ccccc2)C1. The average Bonchev–Trinajstić information content (AvgIpc) is 2.46. The van der Waals surface area contributed by atoms with Gasteiger partial charge in [0.15, 0.2) is 0 Å². The molecule has 5 heteroatoms. The van der Waals surface area contributed by atoms with Crippen molar-refractivity contribution in [2.24, 2.45) is 11.7 Å². The van der Waals surface area contributed by atoms with Crippen molar-refractivity contribution in [3.63, 3.8) is 0 Å². The van der Waals surface area contributed by atoms with Gasteiger partial charge in [-0.25, -0.2) is 4.79 Å². The Labute approximate surface area is 118 Å². The molecule has 0 bridgehead atoms. The van der Waals surface area contributed by atoms with Gasteiger partial charge in [-0.15, -0.1) is 0 Å². The van der Waals surface area contributed by atoms with Crippen LogP contribution in [0.1, 0.15) is 31.2 Å². The number of primary amides is 1. The summed E-state index contributed by atoms with van der Waals surface area (Å²) in [4.78, 5) is 22.9. The highest BCUT2D eigenvalue weighted by molar-refractivity contribution is 5.77. The van der Waals surface area contributed by atoms with Crippen LogP contribution >= 0.6 is 0 Å². The molecule has 1 fully saturated rings. The van der Waals surface area contributed by atoms with Crippen molar-refractivity contribution in [3.8, 4) is 0 Å². The van der Waals surface area contributed by atoms with Crippen LogP contribution in [0, 0.1) is 5.92 Å². The topological polar surface area (TPSA) is 81.4 Å². The van der Waals surface area contributed by atoms with Gasteiger partial charge in [0.05, 0.1) is 0 Å². The third-order valence-electron chi connectivity index (χ3n) is 3.61. The normalized spacial score (nSPS) is 22.0. The van der Waals surface area contributed by atoms with Gasteiger partial charge in [0.25, 0.3) is 0 Å². The zero-order valence-electron chi connectivity index (χ0n) is 11.4. The summed E-state index contributed by atoms with van der Waals surface area (Å²) in [6.07, 6.45) is 2.74. The van der Waals surface area contributed by atoms with Gasteiger partial charge in [-0.2, -0.15) is 0 Å². The Kier molecular flexibility index (Phi) is 4.98. The summed E-state index contributed by atoms with van der Waals surface area (Å²) < 4.78 is 5.16. The fourth-order valence-electron chi connectivity index (χ4n) is 2.51. The van der Waals surface area contributed by atoms with Crippen LogP contribution in [0.3, 0.4) is 0 Å². The van der Waals surface area contributed by atoms with Gasteiger partial charge in [-0.1, -0.05) is 36.8 Å². The van der Waals surface area contributed by atoms with Gasteiger partial charge in [0, 0.05) is 12.0 Å². The van der Waals surface area contributed by atoms with E-state index in [0.717, 1.165) is 24.8 Å². The van der Waals surface area contributed by atoms with Crippen molar-refractivity contribution in [3.05, 3.63) is 35.9 Å². The number of rotatable bonds is 4. The Balaban J connectivity index is 1.75. The number of carbonyl (C=O) groups is 2. The highest BCUT2D eigenvalue weighted by Crippen LogP contribution is 2.24. The van der Waals surface area contributed by atoms with Gasteiger partial charge in [0.1, 0.15) is 6.61 Å². The summed E-state index contributed by atoms with van der Waals surface area (Å²) in [6, 6.07) is 9.48. The minimum atomic E-state index is -0.441. The van der Waals surface area contributed by atoms with Crippen LogP contribution in [-0.4, -0.2) is 18.0 Å². The molecular weight excluding hydrogens is 256 g/mol. The number of nitrogens with two attached hydrogens (primary N) is 1. The molecule has 1 saturated carbocycles. The van der Waals surface area contributed by atoms with Crippen LogP contribution < -0.4 is 11.1 Å². The van der Waals surface area contributed by atoms with E-state index in [2.05, 4.69) is 5.32 Å². The highest BCUT2D eigenvalue weighted by atomic mass is 16.5. The summed E-state index contributed by atoms with van der Waals surface area (Å²) in [5.74, 6) is -0.419. The van der Waals surface area contributed by atoms with Crippen molar-refractivity contribution in [2.45, 2.75) is 38.3 Å². The molecule has 2 atom stereocenters. The van der Waals surface area contributed by atoms with Crippen LogP contribution in [0.25, 0.3) is 0 Å². The summed E-state index contributed by atoms with van der Waals surface area (Å²) in [7, 11) is 0. The van der Waals surface area contributed by atoms with E-state index in [4.69, 9.17) is 10.5 Å². The molecule has 0 spiro atoms. The average molecular weight is 276 g/mol. The zero-order valence-corrected chi connectivity index (χ0v) is 11.4. The van der Waals surface area contributed by atoms with Crippen LogP contribution in [0.2, 0.25) is 0 Å². The first-order valence-electron chi connectivity index (χ1n) is 6.91. The van der Waals surface area contributed by atoms with Crippen LogP contribution in [-0.2, 0) is 16.1 Å². The molecule has 1 aromatic rings. The maximum Gasteiger partial charge on any atom is 0.407 e. The van der Waals surface area contributed by atoms with E-state index in [1.807, 2.05) is 30.3 Å². The molecule has 0 aromatic heterocycles. The second kappa shape index (κ2) is 6.93. The lowest BCUT2D eigenvalue weighted by Gasteiger charge is -2.27. The van der Waals surface area contributed by atoms with Crippen LogP contribution in [0.15, 0.2) is 30.3 Å². The van der Waals surface area contributed by atoms with Gasteiger partial charge in [-0.05, 0) is 24.8 Å². The summed E-state index contributed by atoms with van der Waals surface area (Å²) in [5, 5.41) is 2.81. The lowest BCUT2D eigenvalue weighted by Crippen LogP contribution is -2.41. The molecule has 1 aliphatic rings. The quantitative estimate of drug-likeness (QED) is 0.882. The molecule has 5 nitrogen and oxygen atoms in total. The number of benzene rings is 1. The van der Waals surface area contributed by atoms with Crippen LogP contribution in [0.5, 0.6) is 0 Å². The van der Waals surface area contributed by atoms with E-state index >= 15 is 0 Å². The van der Waals surface area contributed by atoms with Crippen molar-refractivity contribution >= 4 is 12.0 Å². The van der Waals surface area contributed by atoms with E-state index in [-0.39, 0.29) is 24.5 Å². The first kappa shape index (κ1) is 14.4. The van der Waals surface area contributed by atoms with Gasteiger partial charge < -0.3 is 15.8 Å². The van der Waals surface area contributed by atoms with Crippen molar-refractivity contribution < 1.29 is 14.3 Å². The molecule has 108 valence electrons. The molecule has 2 rings (SSSR count). The third kappa shape index (κ3) is 4.26. The number of carbonyl (C=O) groups excluding carboxylic acids is 2. The molecule has 20 heavy (non-hydrogen) atoms. The van der Waals surface area contributed by atoms with Crippen molar-refractivity contribution in [1.29, 1.82) is 0 Å². The number of nitrogens with one attached hydrogen (secondary N) is 1. The minimum Gasteiger partial charge on any atom is -0.445 e. The maximum absolute atomic E-state index is 11.7. The predicted octanol–water partition coefficient (Wildman–Crippen LogP) is 1.96. The molecule has 0 unspecified atom stereocenters. The predicted molar refractivity (Wildman–Crippen MR) is 74.7 cm³/mol. The fraction of sp³-hybridized carbons (Fsp3) is 0.467. The van der Waals surface area contributed by atoms with Crippen molar-refractivity contribution in [2.75, 3.05) is 0 Å². The van der Waals surface area contributed by atoms with E-state index < -0.39 is 6.09 Å². The first-order valence-corrected chi connectivity index (χ1v) is 6.91. The Morgan fingerprint density at radius 3 is 2.70 bits per heavy atom. The minimum absolute atomic E-state index is 0.0236. The molecular formula is C15H20N2O3. The first-order chi connectivity index (χ1) is 9.65. The Hall–Kier alpha value is -2.04. The molecule has 1 aromatic carbocycles. The number of amides is 2. The number of ether oxygens (including phenoxy) is 1. The van der Waals surface area contributed by atoms with Gasteiger partial charge in [-0.3, -0.25) is 4.79 Å². The lowest BCUT2D eigenvalue weighted by atomic mass is 9.85. The maximum atomic E-state index is 11.7. The second-order valence-corrected chi connectivity index (χ2v) is 5.17. The smallest absolute Gasteiger partial charge is 0.407 e. The molecule has 0 radical (unpaired) electrons. The highest BCUT2D eigenvalue weighted by Gasteiger charge is 2.26. The Morgan fingerprint density at radius 1 is 1.25 bits per heavy atom. The second-order valence-electron chi connectivity index (χ2n) is 5.17. The molecule has 0 heterocycles. The molecule has 1 aliphatic carbocycles. The summed E-state index contributed by atoms with van der Waals surface area (Å²) >= 11 is 0. The standard InChI is InChI=1S/C15H20N2O3/c16-14(18)12-7-4-8-13(9-12)17-15(19)20-10-11-5-2-1-3-6-11/h1-3,5-6,12-13H,4,7-10H2,(H2,16,18)(H,17,19)/t12-,13-/m1/s1. The van der Waals surface area contributed by atoms with E-state index in [0.29, 0.717) is 6.42 Å². The van der Waals surface area contributed by atoms with E-state index in [9.17, 15) is 9.59 Å². The number of hydrogen-bond donors (Lipinski definition) is 2. The van der Waals surface area contributed by atoms with Crippen molar-refractivity contribution in [1.82, 2.24) is 5.32 Å². The Morgan fingerprint density at radius 2 is 2.00 bits per heavy atom. The molecule has 2 amide bonds.